The molecule has 3 aromatic rings. The second-order valence-corrected chi connectivity index (χ2v) is 9.17. The lowest BCUT2D eigenvalue weighted by molar-refractivity contribution is 0.145. The van der Waals surface area contributed by atoms with Crippen molar-refractivity contribution in [2.75, 3.05) is 30.8 Å². The first-order chi connectivity index (χ1) is 14.7. The van der Waals surface area contributed by atoms with E-state index in [-0.39, 0.29) is 6.04 Å². The van der Waals surface area contributed by atoms with Gasteiger partial charge in [-0.1, -0.05) is 54.2 Å². The summed E-state index contributed by atoms with van der Waals surface area (Å²) in [6.07, 6.45) is 1.66. The number of benzene rings is 1. The molecule has 0 amide bonds. The van der Waals surface area contributed by atoms with Crippen LogP contribution < -0.4 is 10.2 Å². The predicted molar refractivity (Wildman–Crippen MR) is 118 cm³/mol. The third-order valence-corrected chi connectivity index (χ3v) is 7.05. The average Bonchev–Trinajstić information content (AvgIpc) is 3.30. The highest BCUT2D eigenvalue weighted by Crippen LogP contribution is 2.46. The van der Waals surface area contributed by atoms with Gasteiger partial charge < -0.3 is 15.3 Å². The van der Waals surface area contributed by atoms with Crippen LogP contribution in [0.25, 0.3) is 11.2 Å². The lowest BCUT2D eigenvalue weighted by Gasteiger charge is -2.20. The Morgan fingerprint density at radius 1 is 1.23 bits per heavy atom. The zero-order valence-corrected chi connectivity index (χ0v) is 18.1. The van der Waals surface area contributed by atoms with E-state index in [2.05, 4.69) is 64.8 Å². The van der Waals surface area contributed by atoms with Crippen LogP contribution >= 0.6 is 11.8 Å². The SMILES string of the molecule is CCCSc1nc(N(C)[C@@H]2C[C@H]2c2ccccc2)c2nnn([C@H]3CNC[C@@H]3O)c2n1. The van der Waals surface area contributed by atoms with E-state index < -0.39 is 6.10 Å². The van der Waals surface area contributed by atoms with Crippen molar-refractivity contribution in [3.8, 4) is 0 Å². The van der Waals surface area contributed by atoms with Gasteiger partial charge in [0.25, 0.3) is 0 Å². The molecule has 0 bridgehead atoms. The van der Waals surface area contributed by atoms with Gasteiger partial charge in [-0.15, -0.1) is 5.10 Å². The highest BCUT2D eigenvalue weighted by atomic mass is 32.2. The Kier molecular flexibility index (Phi) is 5.34. The van der Waals surface area contributed by atoms with Crippen molar-refractivity contribution in [1.29, 1.82) is 0 Å². The summed E-state index contributed by atoms with van der Waals surface area (Å²) >= 11 is 1.66. The number of aliphatic hydroxyl groups is 1. The van der Waals surface area contributed by atoms with Crippen LogP contribution in [-0.4, -0.2) is 68.1 Å². The fourth-order valence-electron chi connectivity index (χ4n) is 4.25. The van der Waals surface area contributed by atoms with Crippen molar-refractivity contribution in [1.82, 2.24) is 30.3 Å². The van der Waals surface area contributed by atoms with Crippen LogP contribution in [0.15, 0.2) is 35.5 Å². The molecule has 8 nitrogen and oxygen atoms in total. The largest absolute Gasteiger partial charge is 0.390 e. The fraction of sp³-hybridized carbons (Fsp3) is 0.524. The minimum Gasteiger partial charge on any atom is -0.390 e. The number of hydrogen-bond donors (Lipinski definition) is 2. The number of hydrogen-bond acceptors (Lipinski definition) is 8. The van der Waals surface area contributed by atoms with E-state index >= 15 is 0 Å². The van der Waals surface area contributed by atoms with Crippen molar-refractivity contribution in [3.63, 3.8) is 0 Å². The summed E-state index contributed by atoms with van der Waals surface area (Å²) < 4.78 is 1.77. The predicted octanol–water partition coefficient (Wildman–Crippen LogP) is 2.22. The molecule has 158 valence electrons. The van der Waals surface area contributed by atoms with E-state index in [4.69, 9.17) is 9.97 Å². The van der Waals surface area contributed by atoms with Gasteiger partial charge in [0.1, 0.15) is 0 Å². The first kappa shape index (κ1) is 19.7. The maximum Gasteiger partial charge on any atom is 0.191 e. The van der Waals surface area contributed by atoms with Crippen LogP contribution in [0, 0.1) is 0 Å². The molecule has 2 N–H and O–H groups in total. The summed E-state index contributed by atoms with van der Waals surface area (Å²) in [6, 6.07) is 10.9. The summed E-state index contributed by atoms with van der Waals surface area (Å²) in [4.78, 5) is 11.9. The summed E-state index contributed by atoms with van der Waals surface area (Å²) in [7, 11) is 2.09. The monoisotopic (exact) mass is 425 g/mol. The number of β-amino-alcohol motifs (C(OH)–C–C–N with tert-alkyl or cyclic N) is 1. The third kappa shape index (κ3) is 3.55. The molecule has 9 heteroatoms. The zero-order chi connectivity index (χ0) is 20.7. The number of thioether (sulfide) groups is 1. The number of aromatic nitrogens is 5. The summed E-state index contributed by atoms with van der Waals surface area (Å²) in [5.41, 5.74) is 2.77. The molecule has 2 aromatic heterocycles. The molecule has 0 spiro atoms. The number of fused-ring (bicyclic) bond motifs is 1. The molecule has 1 saturated carbocycles. The third-order valence-electron chi connectivity index (χ3n) is 6.00. The first-order valence-electron chi connectivity index (χ1n) is 10.6. The number of rotatable bonds is 7. The van der Waals surface area contributed by atoms with Crippen LogP contribution in [-0.2, 0) is 0 Å². The van der Waals surface area contributed by atoms with Gasteiger partial charge in [0, 0.05) is 37.8 Å². The molecular formula is C21H27N7OS. The van der Waals surface area contributed by atoms with E-state index in [1.54, 1.807) is 16.4 Å². The topological polar surface area (TPSA) is 92.0 Å². The van der Waals surface area contributed by atoms with Gasteiger partial charge in [-0.05, 0) is 18.4 Å². The molecular weight excluding hydrogens is 398 g/mol. The molecule has 0 radical (unpaired) electrons. The lowest BCUT2D eigenvalue weighted by Crippen LogP contribution is -2.24. The quantitative estimate of drug-likeness (QED) is 0.440. The molecule has 1 saturated heterocycles. The Morgan fingerprint density at radius 3 is 2.80 bits per heavy atom. The summed E-state index contributed by atoms with van der Waals surface area (Å²) in [6.45, 7) is 3.37. The maximum absolute atomic E-state index is 10.4. The summed E-state index contributed by atoms with van der Waals surface area (Å²) in [5, 5.41) is 23.1. The lowest BCUT2D eigenvalue weighted by atomic mass is 10.1. The molecule has 1 aromatic carbocycles. The van der Waals surface area contributed by atoms with Crippen molar-refractivity contribution < 1.29 is 5.11 Å². The Hall–Kier alpha value is -2.23. The number of likely N-dealkylation sites (N-methyl/N-ethyl adjacent to an activating group) is 1. The van der Waals surface area contributed by atoms with E-state index in [0.29, 0.717) is 36.2 Å². The van der Waals surface area contributed by atoms with Gasteiger partial charge in [-0.2, -0.15) is 0 Å². The smallest absolute Gasteiger partial charge is 0.191 e. The number of anilines is 1. The van der Waals surface area contributed by atoms with E-state index in [1.807, 2.05) is 0 Å². The summed E-state index contributed by atoms with van der Waals surface area (Å²) in [5.74, 6) is 2.29. The van der Waals surface area contributed by atoms with Gasteiger partial charge in [0.05, 0.1) is 12.1 Å². The standard InChI is InChI=1S/C21H27N7OS/c1-3-9-30-21-23-19(27(2)15-10-14(15)13-7-5-4-6-8-13)18-20(24-21)28(26-25-18)16-11-22-12-17(16)29/h4-8,14-17,22,29H,3,9-12H2,1-2H3/t14-,15+,16-,17-/m0/s1. The second kappa shape index (κ2) is 8.13. The second-order valence-electron chi connectivity index (χ2n) is 8.11. The highest BCUT2D eigenvalue weighted by molar-refractivity contribution is 7.99. The average molecular weight is 426 g/mol. The van der Waals surface area contributed by atoms with E-state index in [9.17, 15) is 5.11 Å². The van der Waals surface area contributed by atoms with Crippen molar-refractivity contribution in [3.05, 3.63) is 35.9 Å². The van der Waals surface area contributed by atoms with E-state index in [1.165, 1.54) is 5.56 Å². The Balaban J connectivity index is 1.51. The number of aliphatic hydroxyl groups excluding tert-OH is 1. The van der Waals surface area contributed by atoms with Crippen molar-refractivity contribution in [2.45, 2.75) is 49.0 Å². The minimum absolute atomic E-state index is 0.162. The number of nitrogens with zero attached hydrogens (tertiary/aromatic N) is 6. The van der Waals surface area contributed by atoms with Gasteiger partial charge in [0.15, 0.2) is 22.1 Å². The molecule has 5 rings (SSSR count). The van der Waals surface area contributed by atoms with Crippen LogP contribution in [0.1, 0.15) is 37.3 Å². The Morgan fingerprint density at radius 2 is 2.07 bits per heavy atom. The van der Waals surface area contributed by atoms with Gasteiger partial charge >= 0.3 is 0 Å². The molecule has 1 aliphatic heterocycles. The zero-order valence-electron chi connectivity index (χ0n) is 17.3. The first-order valence-corrected chi connectivity index (χ1v) is 11.6. The van der Waals surface area contributed by atoms with Gasteiger partial charge in [-0.25, -0.2) is 14.6 Å². The molecule has 1 aliphatic carbocycles. The maximum atomic E-state index is 10.4. The van der Waals surface area contributed by atoms with Gasteiger partial charge in [0.2, 0.25) is 0 Å². The molecule has 3 heterocycles. The molecule has 2 fully saturated rings. The van der Waals surface area contributed by atoms with Crippen LogP contribution in [0.3, 0.4) is 0 Å². The highest BCUT2D eigenvalue weighted by Gasteiger charge is 2.43. The van der Waals surface area contributed by atoms with Crippen molar-refractivity contribution >= 4 is 28.7 Å². The van der Waals surface area contributed by atoms with Crippen LogP contribution in [0.5, 0.6) is 0 Å². The number of nitrogens with one attached hydrogen (secondary N) is 1. The van der Waals surface area contributed by atoms with Gasteiger partial charge in [-0.3, -0.25) is 0 Å². The molecule has 0 unspecified atom stereocenters. The molecule has 2 aliphatic rings. The van der Waals surface area contributed by atoms with E-state index in [0.717, 1.165) is 29.6 Å². The normalized spacial score (nSPS) is 25.7. The molecule has 30 heavy (non-hydrogen) atoms. The molecule has 4 atom stereocenters. The minimum atomic E-state index is -0.497. The van der Waals surface area contributed by atoms with Crippen LogP contribution in [0.4, 0.5) is 5.82 Å². The van der Waals surface area contributed by atoms with Crippen molar-refractivity contribution in [2.24, 2.45) is 0 Å². The Labute approximate surface area is 180 Å². The fourth-order valence-corrected chi connectivity index (χ4v) is 4.94. The Bertz CT molecular complexity index is 1030. The van der Waals surface area contributed by atoms with Crippen LogP contribution in [0.2, 0.25) is 0 Å².